The molecule has 0 aliphatic rings. The Morgan fingerprint density at radius 1 is 1.53 bits per heavy atom. The van der Waals surface area contributed by atoms with Crippen LogP contribution >= 0.6 is 0 Å². The summed E-state index contributed by atoms with van der Waals surface area (Å²) in [7, 11) is 2.97. The molecule has 0 aliphatic carbocycles. The molecular formula is C8H18N4O3. The first kappa shape index (κ1) is 13.7. The van der Waals surface area contributed by atoms with Crippen LogP contribution in [0.2, 0.25) is 0 Å². The Morgan fingerprint density at radius 3 is 2.53 bits per heavy atom. The van der Waals surface area contributed by atoms with Crippen LogP contribution in [0, 0.1) is 0 Å². The summed E-state index contributed by atoms with van der Waals surface area (Å²) in [6, 6.07) is 0. The second-order valence-electron chi connectivity index (χ2n) is 3.24. The maximum absolute atomic E-state index is 11.2. The fourth-order valence-electron chi connectivity index (χ4n) is 0.803. The van der Waals surface area contributed by atoms with Gasteiger partial charge in [0.15, 0.2) is 11.4 Å². The quantitative estimate of drug-likeness (QED) is 0.179. The van der Waals surface area contributed by atoms with E-state index in [4.69, 9.17) is 10.6 Å². The lowest BCUT2D eigenvalue weighted by atomic mass is 10.1. The molecule has 0 radical (unpaired) electrons. The number of hydrogen-bond acceptors (Lipinski definition) is 6. The van der Waals surface area contributed by atoms with E-state index in [1.807, 2.05) is 0 Å². The molecule has 0 aromatic rings. The maximum atomic E-state index is 11.2. The monoisotopic (exact) mass is 218 g/mol. The van der Waals surface area contributed by atoms with Gasteiger partial charge in [-0.3, -0.25) is 0 Å². The zero-order valence-corrected chi connectivity index (χ0v) is 9.46. The number of hydrazine groups is 1. The smallest absolute Gasteiger partial charge is 0.337 e. The Balaban J connectivity index is 4.18. The van der Waals surface area contributed by atoms with E-state index in [1.54, 1.807) is 20.9 Å². The third-order valence-corrected chi connectivity index (χ3v) is 1.67. The number of amidine groups is 1. The van der Waals surface area contributed by atoms with Gasteiger partial charge in [-0.1, -0.05) is 0 Å². The van der Waals surface area contributed by atoms with Crippen molar-refractivity contribution in [2.75, 3.05) is 20.8 Å². The maximum Gasteiger partial charge on any atom is 0.337 e. The van der Waals surface area contributed by atoms with Crippen LogP contribution in [0.5, 0.6) is 0 Å². The van der Waals surface area contributed by atoms with Gasteiger partial charge < -0.3 is 20.7 Å². The van der Waals surface area contributed by atoms with E-state index in [2.05, 4.69) is 20.7 Å². The molecule has 0 amide bonds. The number of esters is 1. The topological polar surface area (TPSA) is 98.0 Å². The molecule has 0 spiro atoms. The number of methoxy groups -OCH3 is 1. The van der Waals surface area contributed by atoms with Gasteiger partial charge in [-0.25, -0.2) is 10.2 Å². The van der Waals surface area contributed by atoms with Gasteiger partial charge in [-0.05, 0) is 13.8 Å². The summed E-state index contributed by atoms with van der Waals surface area (Å²) in [5.74, 6) is 5.01. The number of hydrogen-bond donors (Lipinski definition) is 3. The van der Waals surface area contributed by atoms with Crippen LogP contribution in [0.15, 0.2) is 5.10 Å². The molecule has 88 valence electrons. The summed E-state index contributed by atoms with van der Waals surface area (Å²) in [5.41, 5.74) is 4.27. The van der Waals surface area contributed by atoms with Crippen molar-refractivity contribution in [3.05, 3.63) is 0 Å². The number of ether oxygens (including phenoxy) is 2. The van der Waals surface area contributed by atoms with Crippen LogP contribution in [-0.4, -0.2) is 38.2 Å². The Kier molecular flexibility index (Phi) is 5.65. The molecule has 0 fully saturated rings. The van der Waals surface area contributed by atoms with Crippen molar-refractivity contribution in [3.8, 4) is 0 Å². The van der Waals surface area contributed by atoms with E-state index in [1.165, 1.54) is 7.11 Å². The molecule has 0 aromatic carbocycles. The molecule has 0 unspecified atom stereocenters. The molecule has 7 heteroatoms. The second-order valence-corrected chi connectivity index (χ2v) is 3.24. The number of hydrazone groups is 1. The van der Waals surface area contributed by atoms with Crippen molar-refractivity contribution in [2.24, 2.45) is 10.9 Å². The number of nitrogens with one attached hydrogen (secondary N) is 2. The van der Waals surface area contributed by atoms with Crippen molar-refractivity contribution < 1.29 is 14.3 Å². The first-order valence-electron chi connectivity index (χ1n) is 4.39. The van der Waals surface area contributed by atoms with E-state index < -0.39 is 11.6 Å². The average Bonchev–Trinajstić information content (AvgIpc) is 2.22. The van der Waals surface area contributed by atoms with Gasteiger partial charge in [0.05, 0.1) is 7.11 Å². The molecule has 0 bridgehead atoms. The van der Waals surface area contributed by atoms with E-state index in [-0.39, 0.29) is 6.61 Å². The van der Waals surface area contributed by atoms with Gasteiger partial charge in [-0.2, -0.15) is 5.10 Å². The minimum Gasteiger partial charge on any atom is -0.467 e. The molecule has 7 nitrogen and oxygen atoms in total. The highest BCUT2D eigenvalue weighted by Crippen LogP contribution is 2.10. The summed E-state index contributed by atoms with van der Waals surface area (Å²) in [6.07, 6.45) is 0. The summed E-state index contributed by atoms with van der Waals surface area (Å²) in [4.78, 5) is 11.2. The fourth-order valence-corrected chi connectivity index (χ4v) is 0.803. The van der Waals surface area contributed by atoms with Crippen molar-refractivity contribution in [3.63, 3.8) is 0 Å². The van der Waals surface area contributed by atoms with Crippen LogP contribution in [0.3, 0.4) is 0 Å². The SMILES string of the molecule is CNN/C(COC(C)(C)C(=O)OC)=N\N. The van der Waals surface area contributed by atoms with Gasteiger partial charge in [0.1, 0.15) is 6.61 Å². The molecule has 4 N–H and O–H groups in total. The predicted octanol–water partition coefficient (Wildman–Crippen LogP) is -1.05. The number of rotatable bonds is 5. The Bertz CT molecular complexity index is 240. The number of nitrogens with zero attached hydrogens (tertiary/aromatic N) is 1. The second kappa shape index (κ2) is 6.20. The van der Waals surface area contributed by atoms with Crippen LogP contribution in [-0.2, 0) is 14.3 Å². The minimum absolute atomic E-state index is 0.0828. The van der Waals surface area contributed by atoms with Crippen molar-refractivity contribution >= 4 is 11.8 Å². The summed E-state index contributed by atoms with van der Waals surface area (Å²) in [5, 5.41) is 3.43. The molecule has 0 atom stereocenters. The first-order valence-corrected chi connectivity index (χ1v) is 4.39. The standard InChI is InChI=1S/C8H18N4O3/c1-8(2,7(13)14-4)15-5-6(11-9)12-10-3/h10H,5,9H2,1-4H3,(H,11,12). The molecule has 0 aromatic heterocycles. The highest BCUT2D eigenvalue weighted by molar-refractivity contribution is 5.83. The summed E-state index contributed by atoms with van der Waals surface area (Å²) >= 11 is 0. The van der Waals surface area contributed by atoms with Crippen LogP contribution in [0.25, 0.3) is 0 Å². The van der Waals surface area contributed by atoms with Gasteiger partial charge >= 0.3 is 5.97 Å². The zero-order valence-electron chi connectivity index (χ0n) is 9.46. The van der Waals surface area contributed by atoms with Crippen LogP contribution < -0.4 is 16.7 Å². The molecule has 0 saturated heterocycles. The van der Waals surface area contributed by atoms with Crippen LogP contribution in [0.1, 0.15) is 13.8 Å². The molecule has 0 aliphatic heterocycles. The lowest BCUT2D eigenvalue weighted by Gasteiger charge is -2.22. The van der Waals surface area contributed by atoms with Gasteiger partial charge in [0.2, 0.25) is 0 Å². The predicted molar refractivity (Wildman–Crippen MR) is 55.9 cm³/mol. The fraction of sp³-hybridized carbons (Fsp3) is 0.750. The van der Waals surface area contributed by atoms with Crippen molar-refractivity contribution in [1.82, 2.24) is 10.9 Å². The highest BCUT2D eigenvalue weighted by Gasteiger charge is 2.29. The Hall–Kier alpha value is -1.34. The third-order valence-electron chi connectivity index (χ3n) is 1.67. The summed E-state index contributed by atoms with van der Waals surface area (Å²) < 4.78 is 9.87. The largest absolute Gasteiger partial charge is 0.467 e. The van der Waals surface area contributed by atoms with Crippen LogP contribution in [0.4, 0.5) is 0 Å². The van der Waals surface area contributed by atoms with E-state index >= 15 is 0 Å². The lowest BCUT2D eigenvalue weighted by Crippen LogP contribution is -2.43. The molecule has 15 heavy (non-hydrogen) atoms. The molecule has 0 rings (SSSR count). The summed E-state index contributed by atoms with van der Waals surface area (Å²) in [6.45, 7) is 3.29. The third kappa shape index (κ3) is 4.61. The van der Waals surface area contributed by atoms with Crippen molar-refractivity contribution in [1.29, 1.82) is 0 Å². The zero-order chi connectivity index (χ0) is 11.9. The number of nitrogens with two attached hydrogens (primary N) is 1. The molecule has 0 saturated carbocycles. The average molecular weight is 218 g/mol. The van der Waals surface area contributed by atoms with Crippen molar-refractivity contribution in [2.45, 2.75) is 19.4 Å². The molecule has 0 heterocycles. The van der Waals surface area contributed by atoms with E-state index in [9.17, 15) is 4.79 Å². The van der Waals surface area contributed by atoms with Gasteiger partial charge in [0, 0.05) is 7.05 Å². The normalized spacial score (nSPS) is 12.4. The Labute approximate surface area is 89.0 Å². The number of carbonyl (C=O) groups is 1. The van der Waals surface area contributed by atoms with E-state index in [0.29, 0.717) is 5.84 Å². The van der Waals surface area contributed by atoms with E-state index in [0.717, 1.165) is 0 Å². The lowest BCUT2D eigenvalue weighted by molar-refractivity contribution is -0.163. The minimum atomic E-state index is -1.03. The highest BCUT2D eigenvalue weighted by atomic mass is 16.6. The Morgan fingerprint density at radius 2 is 2.13 bits per heavy atom. The van der Waals surface area contributed by atoms with Gasteiger partial charge in [-0.15, -0.1) is 0 Å². The number of carbonyl (C=O) groups excluding carboxylic acids is 1. The first-order chi connectivity index (χ1) is 6.97. The van der Waals surface area contributed by atoms with Gasteiger partial charge in [0.25, 0.3) is 0 Å². The molecular weight excluding hydrogens is 200 g/mol.